The van der Waals surface area contributed by atoms with Crippen LogP contribution in [0.3, 0.4) is 0 Å². The zero-order valence-corrected chi connectivity index (χ0v) is 15.3. The molecule has 0 saturated carbocycles. The van der Waals surface area contributed by atoms with E-state index in [0.29, 0.717) is 50.1 Å². The third kappa shape index (κ3) is 4.70. The van der Waals surface area contributed by atoms with Crippen LogP contribution in [-0.2, 0) is 11.2 Å². The van der Waals surface area contributed by atoms with Crippen molar-refractivity contribution in [2.75, 3.05) is 26.2 Å². The van der Waals surface area contributed by atoms with Gasteiger partial charge in [-0.05, 0) is 54.8 Å². The molecule has 27 heavy (non-hydrogen) atoms. The van der Waals surface area contributed by atoms with Crippen LogP contribution in [-0.4, -0.2) is 47.8 Å². The molecule has 0 unspecified atom stereocenters. The zero-order valence-electron chi connectivity index (χ0n) is 15.3. The average Bonchev–Trinajstić information content (AvgIpc) is 2.68. The van der Waals surface area contributed by atoms with Crippen LogP contribution < -0.4 is 0 Å². The summed E-state index contributed by atoms with van der Waals surface area (Å²) in [6, 6.07) is 10.6. The van der Waals surface area contributed by atoms with Crippen LogP contribution in [0, 0.1) is 18.6 Å². The van der Waals surface area contributed by atoms with Crippen molar-refractivity contribution in [3.63, 3.8) is 0 Å². The van der Waals surface area contributed by atoms with Crippen molar-refractivity contribution in [2.45, 2.75) is 19.8 Å². The fraction of sp³-hybridized carbons (Fsp3) is 0.333. The first-order chi connectivity index (χ1) is 12.9. The van der Waals surface area contributed by atoms with Gasteiger partial charge in [-0.1, -0.05) is 12.1 Å². The summed E-state index contributed by atoms with van der Waals surface area (Å²) in [7, 11) is 0. The van der Waals surface area contributed by atoms with Gasteiger partial charge in [0.15, 0.2) is 0 Å². The quantitative estimate of drug-likeness (QED) is 0.827. The number of amides is 2. The molecule has 1 aliphatic heterocycles. The highest BCUT2D eigenvalue weighted by atomic mass is 19.1. The van der Waals surface area contributed by atoms with Crippen LogP contribution in [0.2, 0.25) is 0 Å². The molecule has 2 aromatic rings. The van der Waals surface area contributed by atoms with Crippen molar-refractivity contribution in [3.05, 3.63) is 70.8 Å². The summed E-state index contributed by atoms with van der Waals surface area (Å²) in [5.74, 6) is -0.780. The number of nitrogens with zero attached hydrogens (tertiary/aromatic N) is 2. The van der Waals surface area contributed by atoms with E-state index in [1.54, 1.807) is 34.9 Å². The molecule has 0 aromatic heterocycles. The summed E-state index contributed by atoms with van der Waals surface area (Å²) < 4.78 is 26.6. The Labute approximate surface area is 157 Å². The molecule has 142 valence electrons. The molecule has 0 atom stereocenters. The molecule has 0 aliphatic carbocycles. The molecule has 0 N–H and O–H groups in total. The van der Waals surface area contributed by atoms with E-state index in [2.05, 4.69) is 0 Å². The molecule has 4 nitrogen and oxygen atoms in total. The summed E-state index contributed by atoms with van der Waals surface area (Å²) in [4.78, 5) is 28.3. The van der Waals surface area contributed by atoms with Crippen molar-refractivity contribution < 1.29 is 18.4 Å². The number of carbonyl (C=O) groups is 2. The highest BCUT2D eigenvalue weighted by Crippen LogP contribution is 2.14. The SMILES string of the molecule is Cc1cc(C(=O)N2CCN(C(=O)CCc3cccc(F)c3)CC2)ccc1F. The molecule has 2 amide bonds. The summed E-state index contributed by atoms with van der Waals surface area (Å²) >= 11 is 0. The topological polar surface area (TPSA) is 40.6 Å². The van der Waals surface area contributed by atoms with Gasteiger partial charge in [0.2, 0.25) is 5.91 Å². The monoisotopic (exact) mass is 372 g/mol. The van der Waals surface area contributed by atoms with E-state index >= 15 is 0 Å². The molecule has 1 saturated heterocycles. The van der Waals surface area contributed by atoms with Crippen molar-refractivity contribution >= 4 is 11.8 Å². The number of halogens is 2. The van der Waals surface area contributed by atoms with Gasteiger partial charge in [0.05, 0.1) is 0 Å². The van der Waals surface area contributed by atoms with Crippen LogP contribution in [0.1, 0.15) is 27.9 Å². The van der Waals surface area contributed by atoms with Gasteiger partial charge < -0.3 is 9.80 Å². The molecule has 6 heteroatoms. The summed E-state index contributed by atoms with van der Waals surface area (Å²) in [6.07, 6.45) is 0.805. The Hall–Kier alpha value is -2.76. The Bertz CT molecular complexity index is 846. The number of hydrogen-bond donors (Lipinski definition) is 0. The molecule has 1 aliphatic rings. The van der Waals surface area contributed by atoms with E-state index in [4.69, 9.17) is 0 Å². The van der Waals surface area contributed by atoms with Crippen LogP contribution in [0.25, 0.3) is 0 Å². The van der Waals surface area contributed by atoms with Gasteiger partial charge in [-0.25, -0.2) is 8.78 Å². The second-order valence-corrected chi connectivity index (χ2v) is 6.77. The lowest BCUT2D eigenvalue weighted by Crippen LogP contribution is -2.50. The molecule has 0 radical (unpaired) electrons. The Morgan fingerprint density at radius 1 is 0.963 bits per heavy atom. The first-order valence-corrected chi connectivity index (χ1v) is 9.01. The van der Waals surface area contributed by atoms with Gasteiger partial charge in [-0.15, -0.1) is 0 Å². The largest absolute Gasteiger partial charge is 0.339 e. The zero-order chi connectivity index (χ0) is 19.4. The first kappa shape index (κ1) is 19.0. The lowest BCUT2D eigenvalue weighted by molar-refractivity contribution is -0.132. The van der Waals surface area contributed by atoms with Crippen LogP contribution in [0.15, 0.2) is 42.5 Å². The summed E-state index contributed by atoms with van der Waals surface area (Å²) in [6.45, 7) is 3.45. The molecule has 1 heterocycles. The Kier molecular flexibility index (Phi) is 5.84. The predicted octanol–water partition coefficient (Wildman–Crippen LogP) is 3.19. The normalized spacial score (nSPS) is 14.3. The minimum Gasteiger partial charge on any atom is -0.339 e. The second kappa shape index (κ2) is 8.29. The third-order valence-corrected chi connectivity index (χ3v) is 4.84. The lowest BCUT2D eigenvalue weighted by atomic mass is 10.1. The molecule has 2 aromatic carbocycles. The lowest BCUT2D eigenvalue weighted by Gasteiger charge is -2.35. The van der Waals surface area contributed by atoms with Crippen molar-refractivity contribution in [1.82, 2.24) is 9.80 Å². The van der Waals surface area contributed by atoms with E-state index < -0.39 is 0 Å². The van der Waals surface area contributed by atoms with E-state index in [9.17, 15) is 18.4 Å². The minimum atomic E-state index is -0.333. The van der Waals surface area contributed by atoms with E-state index in [1.807, 2.05) is 0 Å². The second-order valence-electron chi connectivity index (χ2n) is 6.77. The molecule has 0 bridgehead atoms. The van der Waals surface area contributed by atoms with Gasteiger partial charge in [0.1, 0.15) is 11.6 Å². The van der Waals surface area contributed by atoms with E-state index in [-0.39, 0.29) is 23.4 Å². The van der Waals surface area contributed by atoms with Crippen LogP contribution >= 0.6 is 0 Å². The van der Waals surface area contributed by atoms with Crippen LogP contribution in [0.5, 0.6) is 0 Å². The maximum absolute atomic E-state index is 13.4. The number of rotatable bonds is 4. The average molecular weight is 372 g/mol. The third-order valence-electron chi connectivity index (χ3n) is 4.84. The van der Waals surface area contributed by atoms with Crippen molar-refractivity contribution in [2.24, 2.45) is 0 Å². The van der Waals surface area contributed by atoms with Gasteiger partial charge in [-0.2, -0.15) is 0 Å². The molecular formula is C21H22F2N2O2. The fourth-order valence-electron chi connectivity index (χ4n) is 3.22. The summed E-state index contributed by atoms with van der Waals surface area (Å²) in [5, 5.41) is 0. The first-order valence-electron chi connectivity index (χ1n) is 9.01. The number of aryl methyl sites for hydroxylation is 2. The van der Waals surface area contributed by atoms with E-state index in [0.717, 1.165) is 5.56 Å². The molecular weight excluding hydrogens is 350 g/mol. The molecule has 1 fully saturated rings. The molecule has 3 rings (SSSR count). The fourth-order valence-corrected chi connectivity index (χ4v) is 3.22. The standard InChI is InChI=1S/C21H22F2N2O2/c1-15-13-17(6-7-19(15)23)21(27)25-11-9-24(10-12-25)20(26)8-5-16-3-2-4-18(22)14-16/h2-4,6-7,13-14H,5,8-12H2,1H3. The molecule has 0 spiro atoms. The number of benzene rings is 2. The summed E-state index contributed by atoms with van der Waals surface area (Å²) in [5.41, 5.74) is 1.69. The van der Waals surface area contributed by atoms with E-state index in [1.165, 1.54) is 24.3 Å². The minimum absolute atomic E-state index is 0.00369. The highest BCUT2D eigenvalue weighted by molar-refractivity contribution is 5.94. The Morgan fingerprint density at radius 3 is 2.33 bits per heavy atom. The Morgan fingerprint density at radius 2 is 1.67 bits per heavy atom. The van der Waals surface area contributed by atoms with Crippen molar-refractivity contribution in [1.29, 1.82) is 0 Å². The highest BCUT2D eigenvalue weighted by Gasteiger charge is 2.24. The number of carbonyl (C=O) groups excluding carboxylic acids is 2. The Balaban J connectivity index is 1.51. The number of piperazine rings is 1. The van der Waals surface area contributed by atoms with Gasteiger partial charge in [0, 0.05) is 38.2 Å². The smallest absolute Gasteiger partial charge is 0.253 e. The van der Waals surface area contributed by atoms with Crippen LogP contribution in [0.4, 0.5) is 8.78 Å². The number of hydrogen-bond acceptors (Lipinski definition) is 2. The van der Waals surface area contributed by atoms with Gasteiger partial charge in [0.25, 0.3) is 5.91 Å². The predicted molar refractivity (Wildman–Crippen MR) is 98.3 cm³/mol. The maximum atomic E-state index is 13.4. The van der Waals surface area contributed by atoms with Crippen molar-refractivity contribution in [3.8, 4) is 0 Å². The van der Waals surface area contributed by atoms with Gasteiger partial charge in [-0.3, -0.25) is 9.59 Å². The maximum Gasteiger partial charge on any atom is 0.253 e. The van der Waals surface area contributed by atoms with Gasteiger partial charge >= 0.3 is 0 Å².